The van der Waals surface area contributed by atoms with E-state index < -0.39 is 0 Å². The molecule has 2 aromatic rings. The first-order valence-corrected chi connectivity index (χ1v) is 12.9. The van der Waals surface area contributed by atoms with Crippen molar-refractivity contribution in [2.45, 2.75) is 62.3 Å². The first-order valence-electron chi connectivity index (χ1n) is 12.9. The summed E-state index contributed by atoms with van der Waals surface area (Å²) < 4.78 is 6.25. The van der Waals surface area contributed by atoms with Crippen LogP contribution in [0.15, 0.2) is 30.0 Å². The molecule has 198 valence electrons. The van der Waals surface area contributed by atoms with Crippen LogP contribution in [0.2, 0.25) is 0 Å². The van der Waals surface area contributed by atoms with Gasteiger partial charge in [0.15, 0.2) is 0 Å². The number of allylic oxidation sites excluding steroid dienone is 1. The quantitative estimate of drug-likeness (QED) is 0.218. The number of rotatable bonds is 4. The Balaban J connectivity index is 0.000000756. The van der Waals surface area contributed by atoms with Crippen LogP contribution in [-0.4, -0.2) is 5.97 Å². The number of carbonyl (C=O) groups is 1. The van der Waals surface area contributed by atoms with E-state index in [1.165, 1.54) is 33.4 Å². The fraction of sp³-hybridized carbons (Fsp3) is 0.286. The SMILES string of the molecule is Cc1cc(C)c(C(=C(OC(=O)[C]2[CH][CH][CH][CH]2)C(C)(C)C)c2c(C)cc(C)cc2C)c(C)c1.[CH]1[CH][CH][CH][CH]1.[Fe+2]. The second-order valence-electron chi connectivity index (χ2n) is 11.0. The second-order valence-corrected chi connectivity index (χ2v) is 11.0. The number of aryl methyl sites for hydroxylation is 6. The monoisotopic (exact) mass is 548 g/mol. The number of hydrogen-bond donors (Lipinski definition) is 0. The van der Waals surface area contributed by atoms with Gasteiger partial charge in [-0.15, -0.1) is 0 Å². The first kappa shape index (κ1) is 32.4. The molecule has 0 saturated heterocycles. The van der Waals surface area contributed by atoms with Gasteiger partial charge in [-0.05, 0) is 133 Å². The largest absolute Gasteiger partial charge is 2.00 e. The molecule has 0 aliphatic heterocycles. The number of carbonyl (C=O) groups excluding carboxylic acids is 1. The van der Waals surface area contributed by atoms with Crippen LogP contribution >= 0.6 is 0 Å². The third-order valence-corrected chi connectivity index (χ3v) is 6.41. The minimum atomic E-state index is -0.384. The van der Waals surface area contributed by atoms with Crippen molar-refractivity contribution in [3.63, 3.8) is 0 Å². The van der Waals surface area contributed by atoms with E-state index in [-0.39, 0.29) is 28.5 Å². The van der Waals surface area contributed by atoms with Crippen LogP contribution in [0.4, 0.5) is 0 Å². The van der Waals surface area contributed by atoms with Gasteiger partial charge in [0.05, 0.1) is 5.92 Å². The molecule has 0 heterocycles. The van der Waals surface area contributed by atoms with E-state index in [4.69, 9.17) is 4.74 Å². The summed E-state index contributed by atoms with van der Waals surface area (Å²) in [6.45, 7) is 19.2. The zero-order chi connectivity index (χ0) is 27.3. The van der Waals surface area contributed by atoms with Crippen LogP contribution in [-0.2, 0) is 26.6 Å². The Morgan fingerprint density at radius 2 is 0.947 bits per heavy atom. The van der Waals surface area contributed by atoms with Crippen LogP contribution in [0.1, 0.15) is 65.3 Å². The Hall–Kier alpha value is -1.83. The standard InChI is InChI=1S/C30H35O2.C5H5.Fe/c1-18-14-20(3)25(21(4)15-18)27(26-22(5)16-19(2)17-23(26)6)28(30(7,8)9)32-29(31)24-12-10-11-13-24;1-2-4-5-3-1;/h10-17H,1-9H3;1-5H;/q;;+2. The van der Waals surface area contributed by atoms with Gasteiger partial charge in [-0.25, -0.2) is 0 Å². The molecule has 10 radical (unpaired) electrons. The summed E-state index contributed by atoms with van der Waals surface area (Å²) in [7, 11) is 0. The smallest absolute Gasteiger partial charge is 0.429 e. The van der Waals surface area contributed by atoms with E-state index in [9.17, 15) is 4.79 Å². The van der Waals surface area contributed by atoms with Gasteiger partial charge >= 0.3 is 23.0 Å². The number of benzene rings is 2. The Morgan fingerprint density at radius 1 is 0.605 bits per heavy atom. The normalized spacial score (nSPS) is 15.4. The van der Waals surface area contributed by atoms with Crippen LogP contribution in [0, 0.1) is 111 Å². The summed E-state index contributed by atoms with van der Waals surface area (Å²) in [4.78, 5) is 13.1. The van der Waals surface area contributed by atoms with Gasteiger partial charge in [0.2, 0.25) is 0 Å². The summed E-state index contributed by atoms with van der Waals surface area (Å²) >= 11 is 0. The van der Waals surface area contributed by atoms with Gasteiger partial charge in [0, 0.05) is 11.0 Å². The number of ether oxygens (including phenoxy) is 1. The zero-order valence-corrected chi connectivity index (χ0v) is 25.3. The Morgan fingerprint density at radius 3 is 1.26 bits per heavy atom. The fourth-order valence-corrected chi connectivity index (χ4v) is 5.06. The Labute approximate surface area is 243 Å². The third kappa shape index (κ3) is 8.09. The van der Waals surface area contributed by atoms with Gasteiger partial charge in [-0.2, -0.15) is 0 Å². The molecule has 2 aliphatic rings. The average Bonchev–Trinajstić information content (AvgIpc) is 3.51. The molecule has 4 rings (SSSR count). The van der Waals surface area contributed by atoms with E-state index in [0.717, 1.165) is 16.7 Å². The van der Waals surface area contributed by atoms with Gasteiger partial charge in [-0.1, -0.05) is 56.2 Å². The van der Waals surface area contributed by atoms with Crippen molar-refractivity contribution in [2.24, 2.45) is 5.41 Å². The van der Waals surface area contributed by atoms with Gasteiger partial charge < -0.3 is 4.74 Å². The fourth-order valence-electron chi connectivity index (χ4n) is 5.06. The van der Waals surface area contributed by atoms with Crippen LogP contribution in [0.5, 0.6) is 0 Å². The van der Waals surface area contributed by atoms with Crippen LogP contribution < -0.4 is 0 Å². The van der Waals surface area contributed by atoms with Crippen molar-refractivity contribution in [3.8, 4) is 0 Å². The molecule has 0 unspecified atom stereocenters. The van der Waals surface area contributed by atoms with Crippen molar-refractivity contribution >= 4 is 11.5 Å². The summed E-state index contributed by atoms with van der Waals surface area (Å²) in [5.74, 6) is 0.955. The molecule has 0 N–H and O–H groups in total. The Bertz CT molecular complexity index is 1030. The van der Waals surface area contributed by atoms with Crippen molar-refractivity contribution in [1.82, 2.24) is 0 Å². The molecule has 2 nitrogen and oxygen atoms in total. The molecule has 0 amide bonds. The molecule has 3 heteroatoms. The minimum absolute atomic E-state index is 0. The molecule has 0 bridgehead atoms. The van der Waals surface area contributed by atoms with E-state index in [1.54, 1.807) is 12.8 Å². The molecule has 0 aromatic heterocycles. The van der Waals surface area contributed by atoms with Gasteiger partial charge in [0.25, 0.3) is 0 Å². The van der Waals surface area contributed by atoms with Crippen molar-refractivity contribution < 1.29 is 26.6 Å². The molecule has 2 aliphatic carbocycles. The maximum Gasteiger partial charge on any atom is 2.00 e. The van der Waals surface area contributed by atoms with Crippen molar-refractivity contribution in [3.05, 3.63) is 138 Å². The summed E-state index contributed by atoms with van der Waals surface area (Å²) in [6, 6.07) is 8.84. The molecule has 2 aromatic carbocycles. The number of hydrogen-bond acceptors (Lipinski definition) is 2. The second kappa shape index (κ2) is 14.0. The summed E-state index contributed by atoms with van der Waals surface area (Å²) in [5.41, 5.74) is 10.1. The zero-order valence-electron chi connectivity index (χ0n) is 24.2. The molecule has 2 saturated carbocycles. The average molecular weight is 549 g/mol. The predicted octanol–water partition coefficient (Wildman–Crippen LogP) is 8.31. The van der Waals surface area contributed by atoms with E-state index in [1.807, 2.05) is 44.9 Å². The summed E-state index contributed by atoms with van der Waals surface area (Å²) in [6.07, 6.45) is 17.3. The van der Waals surface area contributed by atoms with Crippen molar-refractivity contribution in [1.29, 1.82) is 0 Å². The van der Waals surface area contributed by atoms with E-state index in [2.05, 4.69) is 86.6 Å². The third-order valence-electron chi connectivity index (χ3n) is 6.41. The minimum Gasteiger partial charge on any atom is -0.429 e. The van der Waals surface area contributed by atoms with E-state index >= 15 is 0 Å². The van der Waals surface area contributed by atoms with E-state index in [0.29, 0.717) is 11.7 Å². The molecular formula is C35H40FeO2+2. The topological polar surface area (TPSA) is 26.3 Å². The molecule has 0 spiro atoms. The summed E-state index contributed by atoms with van der Waals surface area (Å²) in [5, 5.41) is 0. The molecular weight excluding hydrogens is 508 g/mol. The van der Waals surface area contributed by atoms with Gasteiger partial charge in [-0.3, -0.25) is 4.79 Å². The maximum absolute atomic E-state index is 13.1. The van der Waals surface area contributed by atoms with Crippen LogP contribution in [0.25, 0.3) is 5.57 Å². The molecule has 2 fully saturated rings. The van der Waals surface area contributed by atoms with Gasteiger partial charge in [0.1, 0.15) is 5.76 Å². The van der Waals surface area contributed by atoms with Crippen molar-refractivity contribution in [2.75, 3.05) is 0 Å². The Kier molecular flexibility index (Phi) is 11.9. The first-order chi connectivity index (χ1) is 17.4. The maximum atomic E-state index is 13.1. The number of esters is 1. The molecule has 0 atom stereocenters. The molecule has 38 heavy (non-hydrogen) atoms. The predicted molar refractivity (Wildman–Crippen MR) is 155 cm³/mol. The van der Waals surface area contributed by atoms with Crippen LogP contribution in [0.3, 0.4) is 0 Å².